The molecular formula is C20H28N4O6. The molecule has 10 nitrogen and oxygen atoms in total. The highest BCUT2D eigenvalue weighted by Gasteiger charge is 2.24. The Morgan fingerprint density at radius 2 is 1.90 bits per heavy atom. The second-order valence-electron chi connectivity index (χ2n) is 6.95. The number of nitrogens with one attached hydrogen (secondary N) is 1. The van der Waals surface area contributed by atoms with Crippen LogP contribution < -0.4 is 10.2 Å². The van der Waals surface area contributed by atoms with E-state index in [1.165, 1.54) is 17.0 Å². The summed E-state index contributed by atoms with van der Waals surface area (Å²) in [5.41, 5.74) is 0.317. The molecule has 1 aromatic rings. The van der Waals surface area contributed by atoms with Crippen LogP contribution in [0.15, 0.2) is 18.2 Å². The molecule has 1 saturated heterocycles. The zero-order valence-electron chi connectivity index (χ0n) is 17.4. The van der Waals surface area contributed by atoms with Gasteiger partial charge in [-0.3, -0.25) is 19.7 Å². The molecule has 10 heteroatoms. The van der Waals surface area contributed by atoms with Gasteiger partial charge in [-0.1, -0.05) is 0 Å². The van der Waals surface area contributed by atoms with Crippen molar-refractivity contribution >= 4 is 29.2 Å². The topological polar surface area (TPSA) is 122 Å². The Labute approximate surface area is 175 Å². The first-order chi connectivity index (χ1) is 14.4. The quantitative estimate of drug-likeness (QED) is 0.367. The zero-order chi connectivity index (χ0) is 22.1. The molecular weight excluding hydrogens is 392 g/mol. The SMILES string of the molecule is CCNC(=O)CN(CC)C(=O)COC(=O)c1ccc(N2CCCCC2)c([N+](=O)[O-])c1. The molecule has 164 valence electrons. The predicted molar refractivity (Wildman–Crippen MR) is 110 cm³/mol. The standard InChI is InChI=1S/C20H28N4O6/c1-3-21-18(25)13-22(4-2)19(26)14-30-20(27)15-8-9-16(17(12-15)24(28)29)23-10-6-5-7-11-23/h8-9,12H,3-7,10-11,13-14H2,1-2H3,(H,21,25). The number of benzene rings is 1. The minimum atomic E-state index is -0.828. The van der Waals surface area contributed by atoms with Crippen LogP contribution in [0.4, 0.5) is 11.4 Å². The number of anilines is 1. The van der Waals surface area contributed by atoms with Crippen molar-refractivity contribution in [1.82, 2.24) is 10.2 Å². The van der Waals surface area contributed by atoms with E-state index in [2.05, 4.69) is 5.32 Å². The molecule has 1 aromatic carbocycles. The maximum Gasteiger partial charge on any atom is 0.338 e. The van der Waals surface area contributed by atoms with E-state index in [1.807, 2.05) is 4.90 Å². The van der Waals surface area contributed by atoms with Gasteiger partial charge in [-0.15, -0.1) is 0 Å². The smallest absolute Gasteiger partial charge is 0.338 e. The highest BCUT2D eigenvalue weighted by molar-refractivity contribution is 5.93. The molecule has 0 atom stereocenters. The molecule has 0 bridgehead atoms. The van der Waals surface area contributed by atoms with Crippen LogP contribution in [0.3, 0.4) is 0 Å². The number of ether oxygens (including phenoxy) is 1. The number of esters is 1. The summed E-state index contributed by atoms with van der Waals surface area (Å²) >= 11 is 0. The number of likely N-dealkylation sites (N-methyl/N-ethyl adjacent to an activating group) is 2. The molecule has 0 spiro atoms. The van der Waals surface area contributed by atoms with E-state index < -0.39 is 23.4 Å². The van der Waals surface area contributed by atoms with Crippen molar-refractivity contribution in [3.05, 3.63) is 33.9 Å². The highest BCUT2D eigenvalue weighted by atomic mass is 16.6. The van der Waals surface area contributed by atoms with Crippen molar-refractivity contribution in [2.45, 2.75) is 33.1 Å². The number of piperidine rings is 1. The molecule has 0 saturated carbocycles. The number of nitro groups is 1. The molecule has 1 aliphatic rings. The van der Waals surface area contributed by atoms with Crippen molar-refractivity contribution in [3.63, 3.8) is 0 Å². The van der Waals surface area contributed by atoms with Gasteiger partial charge in [0.25, 0.3) is 11.6 Å². The third-order valence-corrected chi connectivity index (χ3v) is 4.87. The molecule has 1 fully saturated rings. The highest BCUT2D eigenvalue weighted by Crippen LogP contribution is 2.31. The van der Waals surface area contributed by atoms with Crippen molar-refractivity contribution < 1.29 is 24.0 Å². The van der Waals surface area contributed by atoms with Gasteiger partial charge in [0.15, 0.2) is 6.61 Å². The minimum absolute atomic E-state index is 0.00188. The normalized spacial score (nSPS) is 13.5. The summed E-state index contributed by atoms with van der Waals surface area (Å²) < 4.78 is 5.04. The number of hydrogen-bond donors (Lipinski definition) is 1. The molecule has 0 unspecified atom stereocenters. The third-order valence-electron chi connectivity index (χ3n) is 4.87. The fourth-order valence-corrected chi connectivity index (χ4v) is 3.30. The molecule has 1 N–H and O–H groups in total. The lowest BCUT2D eigenvalue weighted by Gasteiger charge is -2.28. The lowest BCUT2D eigenvalue weighted by Crippen LogP contribution is -2.42. The van der Waals surface area contributed by atoms with Gasteiger partial charge < -0.3 is 19.9 Å². The van der Waals surface area contributed by atoms with Gasteiger partial charge in [0, 0.05) is 32.2 Å². The van der Waals surface area contributed by atoms with Gasteiger partial charge in [-0.05, 0) is 45.2 Å². The maximum atomic E-state index is 12.3. The lowest BCUT2D eigenvalue weighted by atomic mass is 10.1. The Hall–Kier alpha value is -3.17. The summed E-state index contributed by atoms with van der Waals surface area (Å²) in [6.45, 7) is 5.00. The van der Waals surface area contributed by atoms with Crippen LogP contribution in [0.25, 0.3) is 0 Å². The van der Waals surface area contributed by atoms with Gasteiger partial charge in [-0.25, -0.2) is 4.79 Å². The first-order valence-corrected chi connectivity index (χ1v) is 10.1. The van der Waals surface area contributed by atoms with Crippen molar-refractivity contribution in [3.8, 4) is 0 Å². The second-order valence-corrected chi connectivity index (χ2v) is 6.95. The van der Waals surface area contributed by atoms with Gasteiger partial charge in [0.05, 0.1) is 17.0 Å². The van der Waals surface area contributed by atoms with Crippen LogP contribution in [0.5, 0.6) is 0 Å². The molecule has 0 aromatic heterocycles. The zero-order valence-corrected chi connectivity index (χ0v) is 17.4. The van der Waals surface area contributed by atoms with Crippen molar-refractivity contribution in [1.29, 1.82) is 0 Å². The Morgan fingerprint density at radius 1 is 1.20 bits per heavy atom. The van der Waals surface area contributed by atoms with E-state index in [1.54, 1.807) is 19.9 Å². The first kappa shape index (κ1) is 23.1. The van der Waals surface area contributed by atoms with E-state index in [0.29, 0.717) is 12.2 Å². The maximum absolute atomic E-state index is 12.3. The molecule has 2 amide bonds. The number of carbonyl (C=O) groups is 3. The number of nitrogens with zero attached hydrogens (tertiary/aromatic N) is 3. The van der Waals surface area contributed by atoms with Crippen molar-refractivity contribution in [2.24, 2.45) is 0 Å². The summed E-state index contributed by atoms with van der Waals surface area (Å²) in [4.78, 5) is 50.4. The fourth-order valence-electron chi connectivity index (χ4n) is 3.30. The van der Waals surface area contributed by atoms with E-state index >= 15 is 0 Å². The van der Waals surface area contributed by atoms with Crippen LogP contribution in [0.1, 0.15) is 43.5 Å². The van der Waals surface area contributed by atoms with E-state index in [4.69, 9.17) is 4.74 Å². The van der Waals surface area contributed by atoms with Gasteiger partial charge in [-0.2, -0.15) is 0 Å². The van der Waals surface area contributed by atoms with E-state index in [9.17, 15) is 24.5 Å². The number of hydrogen-bond acceptors (Lipinski definition) is 7. The average molecular weight is 420 g/mol. The summed E-state index contributed by atoms with van der Waals surface area (Å²) in [6, 6.07) is 4.20. The number of nitro benzene ring substituents is 1. The molecule has 1 aliphatic heterocycles. The third kappa shape index (κ3) is 6.16. The number of amides is 2. The number of carbonyl (C=O) groups excluding carboxylic acids is 3. The average Bonchev–Trinajstić information content (AvgIpc) is 2.75. The lowest BCUT2D eigenvalue weighted by molar-refractivity contribution is -0.384. The van der Waals surface area contributed by atoms with Gasteiger partial charge in [0.2, 0.25) is 5.91 Å². The van der Waals surface area contributed by atoms with E-state index in [0.717, 1.165) is 32.4 Å². The van der Waals surface area contributed by atoms with Crippen LogP contribution >= 0.6 is 0 Å². The Balaban J connectivity index is 2.03. The summed E-state index contributed by atoms with van der Waals surface area (Å²) in [5.74, 6) is -1.65. The number of rotatable bonds is 9. The molecule has 2 rings (SSSR count). The first-order valence-electron chi connectivity index (χ1n) is 10.1. The molecule has 0 radical (unpaired) electrons. The summed E-state index contributed by atoms with van der Waals surface area (Å²) in [6.07, 6.45) is 3.03. The van der Waals surface area contributed by atoms with Crippen LogP contribution in [-0.4, -0.2) is 66.9 Å². The summed E-state index contributed by atoms with van der Waals surface area (Å²) in [5, 5.41) is 14.1. The van der Waals surface area contributed by atoms with E-state index in [-0.39, 0.29) is 30.2 Å². The predicted octanol–water partition coefficient (Wildman–Crippen LogP) is 1.73. The van der Waals surface area contributed by atoms with Crippen LogP contribution in [-0.2, 0) is 14.3 Å². The Morgan fingerprint density at radius 3 is 2.50 bits per heavy atom. The largest absolute Gasteiger partial charge is 0.452 e. The monoisotopic (exact) mass is 420 g/mol. The molecule has 1 heterocycles. The van der Waals surface area contributed by atoms with Crippen LogP contribution in [0.2, 0.25) is 0 Å². The van der Waals surface area contributed by atoms with Crippen LogP contribution in [0, 0.1) is 10.1 Å². The van der Waals surface area contributed by atoms with Gasteiger partial charge >= 0.3 is 5.97 Å². The fraction of sp³-hybridized carbons (Fsp3) is 0.550. The summed E-state index contributed by atoms with van der Waals surface area (Å²) in [7, 11) is 0. The Bertz CT molecular complexity index is 792. The van der Waals surface area contributed by atoms with Gasteiger partial charge in [0.1, 0.15) is 5.69 Å². The molecule has 30 heavy (non-hydrogen) atoms. The van der Waals surface area contributed by atoms with Crippen molar-refractivity contribution in [2.75, 3.05) is 44.2 Å². The minimum Gasteiger partial charge on any atom is -0.452 e. The molecule has 0 aliphatic carbocycles. The Kier molecular flexibility index (Phi) is 8.57. The second kappa shape index (κ2) is 11.1.